The van der Waals surface area contributed by atoms with E-state index in [0.717, 1.165) is 5.56 Å². The second-order valence-electron chi connectivity index (χ2n) is 5.56. The lowest BCUT2D eigenvalue weighted by atomic mass is 10.1. The van der Waals surface area contributed by atoms with Crippen molar-refractivity contribution in [1.29, 1.82) is 0 Å². The summed E-state index contributed by atoms with van der Waals surface area (Å²) >= 11 is 0. The molecule has 3 rings (SSSR count). The van der Waals surface area contributed by atoms with Gasteiger partial charge in [0.05, 0.1) is 12.5 Å². The Morgan fingerprint density at radius 2 is 1.77 bits per heavy atom. The van der Waals surface area contributed by atoms with Crippen LogP contribution in [0.25, 0.3) is 22.8 Å². The summed E-state index contributed by atoms with van der Waals surface area (Å²) in [5.41, 5.74) is 7.55. The zero-order valence-corrected chi connectivity index (χ0v) is 13.6. The molecular weight excluding hydrogens is 336 g/mol. The van der Waals surface area contributed by atoms with Crippen LogP contribution in [0.2, 0.25) is 0 Å². The number of aromatic nitrogens is 2. The van der Waals surface area contributed by atoms with Gasteiger partial charge in [-0.3, -0.25) is 9.59 Å². The number of nitrogens with zero attached hydrogens (tertiary/aromatic N) is 2. The van der Waals surface area contributed by atoms with Gasteiger partial charge in [0.25, 0.3) is 5.89 Å². The lowest BCUT2D eigenvalue weighted by Crippen LogP contribution is -2.37. The third-order valence-corrected chi connectivity index (χ3v) is 3.59. The zero-order valence-electron chi connectivity index (χ0n) is 13.6. The number of nitrogens with two attached hydrogens (primary N) is 1. The Labute approximate surface area is 148 Å². The molecule has 0 saturated heterocycles. The fourth-order valence-corrected chi connectivity index (χ4v) is 2.26. The molecule has 0 saturated carbocycles. The van der Waals surface area contributed by atoms with Gasteiger partial charge in [-0.1, -0.05) is 23.4 Å². The molecule has 0 fully saturated rings. The van der Waals surface area contributed by atoms with Crippen molar-refractivity contribution in [3.8, 4) is 22.8 Å². The Hall–Kier alpha value is -3.52. The molecule has 0 unspecified atom stereocenters. The van der Waals surface area contributed by atoms with Crippen LogP contribution in [0.1, 0.15) is 6.42 Å². The molecule has 0 aliphatic carbocycles. The quantitative estimate of drug-likeness (QED) is 0.619. The standard InChI is InChI=1S/C18H16N4O4/c19-14(10-15(23)24)17(25)20-13-8-6-11(7-9-13)16-21-18(26-22-16)12-4-2-1-3-5-12/h1-9,14H,10,19H2,(H,20,25)(H,23,24)/t14-/m0/s1. The summed E-state index contributed by atoms with van der Waals surface area (Å²) in [6.07, 6.45) is -0.435. The van der Waals surface area contributed by atoms with Crippen molar-refractivity contribution in [3.05, 3.63) is 54.6 Å². The number of rotatable bonds is 6. The largest absolute Gasteiger partial charge is 0.481 e. The molecule has 2 aromatic carbocycles. The van der Waals surface area contributed by atoms with Crippen LogP contribution in [0.4, 0.5) is 5.69 Å². The Bertz CT molecular complexity index is 906. The predicted octanol–water partition coefficient (Wildman–Crippen LogP) is 2.14. The second-order valence-corrected chi connectivity index (χ2v) is 5.56. The van der Waals surface area contributed by atoms with Crippen molar-refractivity contribution >= 4 is 17.6 Å². The van der Waals surface area contributed by atoms with E-state index >= 15 is 0 Å². The van der Waals surface area contributed by atoms with Crippen LogP contribution in [-0.4, -0.2) is 33.2 Å². The summed E-state index contributed by atoms with van der Waals surface area (Å²) in [5, 5.41) is 15.2. The van der Waals surface area contributed by atoms with Crippen LogP contribution in [0, 0.1) is 0 Å². The second kappa shape index (κ2) is 7.58. The van der Waals surface area contributed by atoms with Crippen molar-refractivity contribution < 1.29 is 19.2 Å². The predicted molar refractivity (Wildman–Crippen MR) is 94.0 cm³/mol. The van der Waals surface area contributed by atoms with Crippen molar-refractivity contribution in [2.75, 3.05) is 5.32 Å². The maximum Gasteiger partial charge on any atom is 0.305 e. The molecule has 8 heteroatoms. The number of carbonyl (C=O) groups is 2. The maximum atomic E-state index is 11.8. The number of carboxylic acid groups (broad SMARTS) is 1. The number of hydrogen-bond acceptors (Lipinski definition) is 6. The molecule has 0 spiro atoms. The average molecular weight is 352 g/mol. The van der Waals surface area contributed by atoms with Crippen LogP contribution >= 0.6 is 0 Å². The van der Waals surface area contributed by atoms with Gasteiger partial charge in [0, 0.05) is 16.8 Å². The first kappa shape index (κ1) is 17.3. The number of carboxylic acids is 1. The first-order valence-corrected chi connectivity index (χ1v) is 7.81. The molecule has 8 nitrogen and oxygen atoms in total. The maximum absolute atomic E-state index is 11.8. The zero-order chi connectivity index (χ0) is 18.5. The van der Waals surface area contributed by atoms with Gasteiger partial charge >= 0.3 is 5.97 Å². The highest BCUT2D eigenvalue weighted by Crippen LogP contribution is 2.23. The van der Waals surface area contributed by atoms with Gasteiger partial charge in [0.2, 0.25) is 11.7 Å². The monoisotopic (exact) mass is 352 g/mol. The van der Waals surface area contributed by atoms with E-state index in [-0.39, 0.29) is 0 Å². The van der Waals surface area contributed by atoms with E-state index in [9.17, 15) is 9.59 Å². The normalized spacial score (nSPS) is 11.7. The van der Waals surface area contributed by atoms with E-state index in [0.29, 0.717) is 23.0 Å². The number of hydrogen-bond donors (Lipinski definition) is 3. The number of aliphatic carboxylic acids is 1. The van der Waals surface area contributed by atoms with Crippen molar-refractivity contribution in [1.82, 2.24) is 10.1 Å². The minimum Gasteiger partial charge on any atom is -0.481 e. The number of carbonyl (C=O) groups excluding carboxylic acids is 1. The molecule has 1 aromatic heterocycles. The van der Waals surface area contributed by atoms with Crippen molar-refractivity contribution in [2.24, 2.45) is 5.73 Å². The lowest BCUT2D eigenvalue weighted by molar-refractivity contribution is -0.138. The highest BCUT2D eigenvalue weighted by molar-refractivity contribution is 5.96. The summed E-state index contributed by atoms with van der Waals surface area (Å²) in [6, 6.07) is 15.0. The number of nitrogens with one attached hydrogen (secondary N) is 1. The molecule has 132 valence electrons. The molecule has 4 N–H and O–H groups in total. The van der Waals surface area contributed by atoms with Gasteiger partial charge in [0.1, 0.15) is 0 Å². The third kappa shape index (κ3) is 4.11. The molecule has 3 aromatic rings. The summed E-state index contributed by atoms with van der Waals surface area (Å²) in [5.74, 6) is -0.859. The highest BCUT2D eigenvalue weighted by Gasteiger charge is 2.17. The van der Waals surface area contributed by atoms with Crippen molar-refractivity contribution in [2.45, 2.75) is 12.5 Å². The third-order valence-electron chi connectivity index (χ3n) is 3.59. The van der Waals surface area contributed by atoms with E-state index in [1.54, 1.807) is 24.3 Å². The lowest BCUT2D eigenvalue weighted by Gasteiger charge is -2.10. The van der Waals surface area contributed by atoms with Gasteiger partial charge in [0.15, 0.2) is 0 Å². The summed E-state index contributed by atoms with van der Waals surface area (Å²) in [6.45, 7) is 0. The Kier molecular flexibility index (Phi) is 5.04. The van der Waals surface area contributed by atoms with Crippen molar-refractivity contribution in [3.63, 3.8) is 0 Å². The summed E-state index contributed by atoms with van der Waals surface area (Å²) in [7, 11) is 0. The number of amides is 1. The number of benzene rings is 2. The van der Waals surface area contributed by atoms with Gasteiger partial charge < -0.3 is 20.7 Å². The smallest absolute Gasteiger partial charge is 0.305 e. The Balaban J connectivity index is 1.69. The Morgan fingerprint density at radius 3 is 2.42 bits per heavy atom. The van der Waals surface area contributed by atoms with Gasteiger partial charge in [-0.05, 0) is 36.4 Å². The minimum atomic E-state index is -1.13. The first-order valence-electron chi connectivity index (χ1n) is 7.81. The highest BCUT2D eigenvalue weighted by atomic mass is 16.5. The first-order chi connectivity index (χ1) is 12.5. The topological polar surface area (TPSA) is 131 Å². The molecule has 0 radical (unpaired) electrons. The molecule has 1 atom stereocenters. The number of anilines is 1. The van der Waals surface area contributed by atoms with Crippen LogP contribution in [0.5, 0.6) is 0 Å². The Morgan fingerprint density at radius 1 is 1.08 bits per heavy atom. The molecule has 1 heterocycles. The van der Waals surface area contributed by atoms with Crippen LogP contribution in [0.3, 0.4) is 0 Å². The van der Waals surface area contributed by atoms with E-state index in [2.05, 4.69) is 15.5 Å². The summed E-state index contributed by atoms with van der Waals surface area (Å²) in [4.78, 5) is 26.8. The molecule has 0 aliphatic rings. The van der Waals surface area contributed by atoms with E-state index < -0.39 is 24.3 Å². The van der Waals surface area contributed by atoms with Crippen LogP contribution < -0.4 is 11.1 Å². The van der Waals surface area contributed by atoms with E-state index in [1.165, 1.54) is 0 Å². The SMILES string of the molecule is N[C@@H](CC(=O)O)C(=O)Nc1ccc(-c2noc(-c3ccccc3)n2)cc1. The van der Waals surface area contributed by atoms with Crippen LogP contribution in [-0.2, 0) is 9.59 Å². The molecule has 0 bridgehead atoms. The van der Waals surface area contributed by atoms with E-state index in [1.807, 2.05) is 30.3 Å². The van der Waals surface area contributed by atoms with Gasteiger partial charge in [-0.2, -0.15) is 4.98 Å². The molecule has 1 amide bonds. The van der Waals surface area contributed by atoms with E-state index in [4.69, 9.17) is 15.4 Å². The average Bonchev–Trinajstić information content (AvgIpc) is 3.12. The van der Waals surface area contributed by atoms with Crippen LogP contribution in [0.15, 0.2) is 59.1 Å². The molecule has 26 heavy (non-hydrogen) atoms. The molecule has 0 aliphatic heterocycles. The summed E-state index contributed by atoms with van der Waals surface area (Å²) < 4.78 is 5.27. The molecular formula is C18H16N4O4. The minimum absolute atomic E-state index is 0.414. The fraction of sp³-hybridized carbons (Fsp3) is 0.111. The van der Waals surface area contributed by atoms with Gasteiger partial charge in [-0.15, -0.1) is 0 Å². The van der Waals surface area contributed by atoms with Gasteiger partial charge in [-0.25, -0.2) is 0 Å². The fourth-order valence-electron chi connectivity index (χ4n) is 2.26.